The molecule has 1 aromatic rings. The minimum absolute atomic E-state index is 0.370. The van der Waals surface area contributed by atoms with Crippen LogP contribution in [0.4, 0.5) is 17.6 Å². The molecule has 0 bridgehead atoms. The van der Waals surface area contributed by atoms with Gasteiger partial charge in [0.15, 0.2) is 0 Å². The van der Waals surface area contributed by atoms with Crippen LogP contribution in [0.1, 0.15) is 6.42 Å². The van der Waals surface area contributed by atoms with Crippen molar-refractivity contribution in [2.75, 3.05) is 13.2 Å². The van der Waals surface area contributed by atoms with Crippen LogP contribution in [0.25, 0.3) is 0 Å². The zero-order valence-corrected chi connectivity index (χ0v) is 12.8. The fourth-order valence-corrected chi connectivity index (χ4v) is 4.02. The second-order valence-electron chi connectivity index (χ2n) is 4.65. The molecule has 1 fully saturated rings. The number of alkyl halides is 2. The molecule has 0 spiro atoms. The lowest BCUT2D eigenvalue weighted by Crippen LogP contribution is -2.38. The Morgan fingerprint density at radius 3 is 2.33 bits per heavy atom. The van der Waals surface area contributed by atoms with E-state index in [1.165, 1.54) is 0 Å². The van der Waals surface area contributed by atoms with Crippen LogP contribution in [0.3, 0.4) is 0 Å². The number of benzene rings is 1. The number of nitrogens with zero attached hydrogens (tertiary/aromatic N) is 1. The number of rotatable bonds is 3. The Morgan fingerprint density at radius 2 is 1.86 bits per heavy atom. The topological polar surface area (TPSA) is 57.6 Å². The summed E-state index contributed by atoms with van der Waals surface area (Å²) in [5, 5.41) is 9.04. The first-order valence-corrected chi connectivity index (χ1v) is 7.97. The Labute approximate surface area is 126 Å². The third-order valence-corrected chi connectivity index (χ3v) is 5.74. The van der Waals surface area contributed by atoms with Gasteiger partial charge in [0.25, 0.3) is 5.92 Å². The minimum Gasteiger partial charge on any atom is -0.395 e. The van der Waals surface area contributed by atoms with E-state index < -0.39 is 62.6 Å². The van der Waals surface area contributed by atoms with E-state index in [4.69, 9.17) is 5.11 Å². The zero-order valence-electron chi connectivity index (χ0n) is 10.4. The molecule has 1 N–H and O–H groups in total. The second-order valence-corrected chi connectivity index (χ2v) is 7.33. The van der Waals surface area contributed by atoms with E-state index in [0.717, 1.165) is 0 Å². The number of halogens is 5. The van der Waals surface area contributed by atoms with E-state index in [0.29, 0.717) is 16.4 Å². The van der Waals surface area contributed by atoms with Crippen LogP contribution in [-0.2, 0) is 10.0 Å². The Bertz CT molecular complexity index is 644. The molecule has 0 aromatic heterocycles. The van der Waals surface area contributed by atoms with Crippen molar-refractivity contribution in [3.63, 3.8) is 0 Å². The maximum absolute atomic E-state index is 13.4. The summed E-state index contributed by atoms with van der Waals surface area (Å²) < 4.78 is 77.8. The molecule has 0 aliphatic carbocycles. The van der Waals surface area contributed by atoms with Crippen molar-refractivity contribution in [2.45, 2.75) is 23.3 Å². The summed E-state index contributed by atoms with van der Waals surface area (Å²) in [4.78, 5) is -0.781. The highest BCUT2D eigenvalue weighted by molar-refractivity contribution is 9.10. The van der Waals surface area contributed by atoms with Gasteiger partial charge >= 0.3 is 0 Å². The van der Waals surface area contributed by atoms with Gasteiger partial charge in [0, 0.05) is 6.42 Å². The average molecular weight is 392 g/mol. The molecule has 118 valence electrons. The molecule has 21 heavy (non-hydrogen) atoms. The summed E-state index contributed by atoms with van der Waals surface area (Å²) in [7, 11) is -4.54. The van der Waals surface area contributed by atoms with E-state index in [-0.39, 0.29) is 0 Å². The lowest BCUT2D eigenvalue weighted by molar-refractivity contribution is 0.0161. The summed E-state index contributed by atoms with van der Waals surface area (Å²) in [5.41, 5.74) is 0. The highest BCUT2D eigenvalue weighted by atomic mass is 79.9. The van der Waals surface area contributed by atoms with Gasteiger partial charge in [-0.1, -0.05) is 0 Å². The van der Waals surface area contributed by atoms with Crippen molar-refractivity contribution in [1.29, 1.82) is 0 Å². The van der Waals surface area contributed by atoms with Gasteiger partial charge in [-0.3, -0.25) is 0 Å². The maximum Gasteiger partial charge on any atom is 0.263 e. The predicted octanol–water partition coefficient (Wildman–Crippen LogP) is 2.12. The maximum atomic E-state index is 13.4. The van der Waals surface area contributed by atoms with E-state index in [2.05, 4.69) is 15.9 Å². The number of hydrogen-bond acceptors (Lipinski definition) is 3. The number of aliphatic hydroxyl groups excluding tert-OH is 1. The Morgan fingerprint density at radius 1 is 1.33 bits per heavy atom. The van der Waals surface area contributed by atoms with Crippen LogP contribution in [0.5, 0.6) is 0 Å². The van der Waals surface area contributed by atoms with Gasteiger partial charge in [-0.15, -0.1) is 0 Å². The molecule has 0 saturated carbocycles. The summed E-state index contributed by atoms with van der Waals surface area (Å²) in [5.74, 6) is -5.63. The fourth-order valence-electron chi connectivity index (χ4n) is 2.12. The summed E-state index contributed by atoms with van der Waals surface area (Å²) in [6.45, 7) is -1.95. The van der Waals surface area contributed by atoms with E-state index in [1.807, 2.05) is 0 Å². The lowest BCUT2D eigenvalue weighted by atomic mass is 10.2. The molecule has 1 saturated heterocycles. The first-order chi connectivity index (χ1) is 9.58. The molecular weight excluding hydrogens is 382 g/mol. The largest absolute Gasteiger partial charge is 0.395 e. The monoisotopic (exact) mass is 391 g/mol. The average Bonchev–Trinajstić information content (AvgIpc) is 2.71. The third kappa shape index (κ3) is 3.08. The number of sulfonamides is 1. The molecule has 1 atom stereocenters. The van der Waals surface area contributed by atoms with Crippen LogP contribution >= 0.6 is 15.9 Å². The van der Waals surface area contributed by atoms with Gasteiger partial charge in [0.1, 0.15) is 11.6 Å². The molecule has 1 aromatic carbocycles. The van der Waals surface area contributed by atoms with E-state index >= 15 is 0 Å². The smallest absolute Gasteiger partial charge is 0.263 e. The van der Waals surface area contributed by atoms with Crippen LogP contribution < -0.4 is 0 Å². The third-order valence-electron chi connectivity index (χ3n) is 3.10. The second kappa shape index (κ2) is 5.49. The summed E-state index contributed by atoms with van der Waals surface area (Å²) >= 11 is 2.59. The first-order valence-electron chi connectivity index (χ1n) is 5.73. The molecule has 10 heteroatoms. The fraction of sp³-hybridized carbons (Fsp3) is 0.455. The van der Waals surface area contributed by atoms with Gasteiger partial charge in [-0.2, -0.15) is 4.31 Å². The van der Waals surface area contributed by atoms with Gasteiger partial charge in [-0.05, 0) is 28.1 Å². The van der Waals surface area contributed by atoms with E-state index in [9.17, 15) is 26.0 Å². The highest BCUT2D eigenvalue weighted by Crippen LogP contribution is 2.36. The summed E-state index contributed by atoms with van der Waals surface area (Å²) in [6.07, 6.45) is -0.843. The van der Waals surface area contributed by atoms with Crippen molar-refractivity contribution in [2.24, 2.45) is 0 Å². The zero-order chi connectivity index (χ0) is 16.0. The van der Waals surface area contributed by atoms with Crippen molar-refractivity contribution >= 4 is 26.0 Å². The molecule has 0 unspecified atom stereocenters. The van der Waals surface area contributed by atoms with Gasteiger partial charge in [-0.25, -0.2) is 26.0 Å². The van der Waals surface area contributed by atoms with Crippen molar-refractivity contribution in [3.05, 3.63) is 28.2 Å². The molecule has 1 aliphatic heterocycles. The minimum atomic E-state index is -4.54. The van der Waals surface area contributed by atoms with Crippen LogP contribution in [0, 0.1) is 11.6 Å². The van der Waals surface area contributed by atoms with Gasteiger partial charge < -0.3 is 5.11 Å². The molecule has 1 heterocycles. The quantitative estimate of drug-likeness (QED) is 0.634. The molecule has 0 radical (unpaired) electrons. The first kappa shape index (κ1) is 16.7. The SMILES string of the molecule is O=S(=O)(c1cc(F)c(Br)c(F)c1)N1CC(F)(F)C[C@H]1CO. The number of hydrogen-bond donors (Lipinski definition) is 1. The van der Waals surface area contributed by atoms with Crippen molar-refractivity contribution in [3.8, 4) is 0 Å². The van der Waals surface area contributed by atoms with Crippen molar-refractivity contribution in [1.82, 2.24) is 4.31 Å². The van der Waals surface area contributed by atoms with E-state index in [1.54, 1.807) is 0 Å². The molecular formula is C11H10BrF4NO3S. The van der Waals surface area contributed by atoms with Crippen LogP contribution in [0.2, 0.25) is 0 Å². The predicted molar refractivity (Wildman–Crippen MR) is 68.4 cm³/mol. The Kier molecular flexibility index (Phi) is 4.35. The molecule has 1 aliphatic rings. The summed E-state index contributed by atoms with van der Waals surface area (Å²) in [6, 6.07) is -0.263. The highest BCUT2D eigenvalue weighted by Gasteiger charge is 2.50. The molecule has 4 nitrogen and oxygen atoms in total. The van der Waals surface area contributed by atoms with Crippen molar-refractivity contribution < 1.29 is 31.1 Å². The van der Waals surface area contributed by atoms with Gasteiger partial charge in [0.2, 0.25) is 10.0 Å². The van der Waals surface area contributed by atoms with Crippen LogP contribution in [0.15, 0.2) is 21.5 Å². The Hall–Kier alpha value is -0.710. The van der Waals surface area contributed by atoms with Gasteiger partial charge in [0.05, 0.1) is 28.6 Å². The standard InChI is InChI=1S/C11H10BrF4NO3S/c12-10-8(13)1-7(2-9(10)14)21(19,20)17-5-11(15,16)3-6(17)4-18/h1-2,6,18H,3-5H2/t6-/m0/s1. The lowest BCUT2D eigenvalue weighted by Gasteiger charge is -2.21. The molecule has 2 rings (SSSR count). The normalized spacial score (nSPS) is 22.7. The molecule has 0 amide bonds. The number of aliphatic hydroxyl groups is 1. The van der Waals surface area contributed by atoms with Crippen LogP contribution in [-0.4, -0.2) is 42.9 Å². The Balaban J connectivity index is 2.47.